The Labute approximate surface area is 115 Å². The first-order valence-electron chi connectivity index (χ1n) is 6.60. The van der Waals surface area contributed by atoms with Gasteiger partial charge in [-0.15, -0.1) is 0 Å². The van der Waals surface area contributed by atoms with Crippen LogP contribution in [0.25, 0.3) is 0 Å². The maximum atomic E-state index is 12.1. The van der Waals surface area contributed by atoms with Crippen LogP contribution in [0.2, 0.25) is 0 Å². The van der Waals surface area contributed by atoms with Crippen molar-refractivity contribution in [3.8, 4) is 5.75 Å². The molecule has 3 nitrogen and oxygen atoms in total. The predicted molar refractivity (Wildman–Crippen MR) is 75.9 cm³/mol. The van der Waals surface area contributed by atoms with Gasteiger partial charge in [-0.2, -0.15) is 0 Å². The fourth-order valence-electron chi connectivity index (χ4n) is 1.82. The Kier molecular flexibility index (Phi) is 5.28. The lowest BCUT2D eigenvalue weighted by Crippen LogP contribution is -2.13. The minimum absolute atomic E-state index is 0.0214. The predicted octanol–water partition coefficient (Wildman–Crippen LogP) is 3.62. The first-order valence-corrected chi connectivity index (χ1v) is 6.60. The van der Waals surface area contributed by atoms with Crippen molar-refractivity contribution in [2.75, 3.05) is 7.11 Å². The van der Waals surface area contributed by atoms with Crippen molar-refractivity contribution in [1.82, 2.24) is 0 Å². The third-order valence-corrected chi connectivity index (χ3v) is 3.15. The van der Waals surface area contributed by atoms with Crippen molar-refractivity contribution >= 4 is 11.6 Å². The van der Waals surface area contributed by atoms with E-state index in [-0.39, 0.29) is 29.8 Å². The summed E-state index contributed by atoms with van der Waals surface area (Å²) in [5.41, 5.74) is 1.57. The van der Waals surface area contributed by atoms with Gasteiger partial charge in [-0.1, -0.05) is 27.7 Å². The number of Topliss-reactive ketones (excluding diaryl/α,β-unsaturated/α-hetero) is 2. The highest BCUT2D eigenvalue weighted by Gasteiger charge is 2.17. The molecule has 0 fully saturated rings. The lowest BCUT2D eigenvalue weighted by Gasteiger charge is -2.13. The fraction of sp³-hybridized carbons (Fsp3) is 0.500. The van der Waals surface area contributed by atoms with Gasteiger partial charge in [0.25, 0.3) is 0 Å². The summed E-state index contributed by atoms with van der Waals surface area (Å²) < 4.78 is 5.28. The van der Waals surface area contributed by atoms with Gasteiger partial charge in [0.15, 0.2) is 5.78 Å². The zero-order valence-corrected chi connectivity index (χ0v) is 12.3. The third-order valence-electron chi connectivity index (χ3n) is 3.15. The quantitative estimate of drug-likeness (QED) is 0.581. The standard InChI is InChI=1S/C16H22O3/c1-10(2)13-8-12(6-7-16(13)19-5)15(18)9-14(17)11(3)4/h6-8,10-11H,9H2,1-5H3. The molecular formula is C16H22O3. The summed E-state index contributed by atoms with van der Waals surface area (Å²) in [7, 11) is 1.62. The lowest BCUT2D eigenvalue weighted by molar-refractivity contribution is -0.121. The van der Waals surface area contributed by atoms with Crippen molar-refractivity contribution in [2.45, 2.75) is 40.0 Å². The molecule has 0 amide bonds. The molecule has 0 unspecified atom stereocenters. The lowest BCUT2D eigenvalue weighted by atomic mass is 9.95. The van der Waals surface area contributed by atoms with Crippen molar-refractivity contribution in [3.05, 3.63) is 29.3 Å². The zero-order valence-electron chi connectivity index (χ0n) is 12.3. The molecule has 0 aliphatic rings. The second-order valence-electron chi connectivity index (χ2n) is 5.33. The number of hydrogen-bond acceptors (Lipinski definition) is 3. The van der Waals surface area contributed by atoms with Crippen LogP contribution in [0.5, 0.6) is 5.75 Å². The van der Waals surface area contributed by atoms with E-state index in [2.05, 4.69) is 0 Å². The van der Waals surface area contributed by atoms with E-state index in [9.17, 15) is 9.59 Å². The number of ether oxygens (including phenoxy) is 1. The molecule has 0 aliphatic heterocycles. The summed E-state index contributed by atoms with van der Waals surface area (Å²) in [5, 5.41) is 0. The highest BCUT2D eigenvalue weighted by atomic mass is 16.5. The molecule has 104 valence electrons. The molecular weight excluding hydrogens is 240 g/mol. The highest BCUT2D eigenvalue weighted by molar-refractivity contribution is 6.08. The van der Waals surface area contributed by atoms with Crippen LogP contribution in [0.1, 0.15) is 56.0 Å². The Hall–Kier alpha value is -1.64. The number of carbonyl (C=O) groups is 2. The number of hydrogen-bond donors (Lipinski definition) is 0. The Morgan fingerprint density at radius 3 is 2.26 bits per heavy atom. The van der Waals surface area contributed by atoms with E-state index in [0.717, 1.165) is 11.3 Å². The van der Waals surface area contributed by atoms with Crippen LogP contribution < -0.4 is 4.74 Å². The number of carbonyl (C=O) groups excluding carboxylic acids is 2. The van der Waals surface area contributed by atoms with Crippen molar-refractivity contribution in [2.24, 2.45) is 5.92 Å². The summed E-state index contributed by atoms with van der Waals surface area (Å²) in [4.78, 5) is 23.7. The molecule has 0 radical (unpaired) electrons. The van der Waals surface area contributed by atoms with Gasteiger partial charge in [0, 0.05) is 11.5 Å². The smallest absolute Gasteiger partial charge is 0.170 e. The molecule has 0 saturated heterocycles. The van der Waals surface area contributed by atoms with Gasteiger partial charge < -0.3 is 4.74 Å². The van der Waals surface area contributed by atoms with E-state index in [4.69, 9.17) is 4.74 Å². The second-order valence-corrected chi connectivity index (χ2v) is 5.33. The number of ketones is 2. The Morgan fingerprint density at radius 1 is 1.16 bits per heavy atom. The molecule has 0 aliphatic carbocycles. The zero-order chi connectivity index (χ0) is 14.6. The van der Waals surface area contributed by atoms with Crippen LogP contribution in [0.3, 0.4) is 0 Å². The minimum atomic E-state index is -0.122. The van der Waals surface area contributed by atoms with E-state index in [0.29, 0.717) is 5.56 Å². The summed E-state index contributed by atoms with van der Waals surface area (Å²) in [6, 6.07) is 5.35. The molecule has 0 spiro atoms. The van der Waals surface area contributed by atoms with Gasteiger partial charge in [-0.25, -0.2) is 0 Å². The van der Waals surface area contributed by atoms with Crippen LogP contribution >= 0.6 is 0 Å². The summed E-state index contributed by atoms with van der Waals surface area (Å²) >= 11 is 0. The highest BCUT2D eigenvalue weighted by Crippen LogP contribution is 2.27. The second kappa shape index (κ2) is 6.50. The molecule has 0 atom stereocenters. The molecule has 0 saturated carbocycles. The molecule has 1 rings (SSSR count). The number of rotatable bonds is 6. The monoisotopic (exact) mass is 262 g/mol. The van der Waals surface area contributed by atoms with E-state index in [1.807, 2.05) is 33.8 Å². The van der Waals surface area contributed by atoms with Crippen LogP contribution in [-0.2, 0) is 4.79 Å². The third kappa shape index (κ3) is 3.91. The minimum Gasteiger partial charge on any atom is -0.496 e. The van der Waals surface area contributed by atoms with Gasteiger partial charge in [-0.3, -0.25) is 9.59 Å². The van der Waals surface area contributed by atoms with Gasteiger partial charge in [0.1, 0.15) is 11.5 Å². The Morgan fingerprint density at radius 2 is 1.79 bits per heavy atom. The van der Waals surface area contributed by atoms with Crippen molar-refractivity contribution in [3.63, 3.8) is 0 Å². The first-order chi connectivity index (χ1) is 8.86. The Balaban J connectivity index is 2.99. The number of benzene rings is 1. The molecule has 19 heavy (non-hydrogen) atoms. The van der Waals surface area contributed by atoms with Gasteiger partial charge >= 0.3 is 0 Å². The SMILES string of the molecule is COc1ccc(C(=O)CC(=O)C(C)C)cc1C(C)C. The number of methoxy groups -OCH3 is 1. The normalized spacial score (nSPS) is 10.9. The largest absolute Gasteiger partial charge is 0.496 e. The molecule has 0 N–H and O–H groups in total. The molecule has 3 heteroatoms. The van der Waals surface area contributed by atoms with Crippen LogP contribution in [0.4, 0.5) is 0 Å². The van der Waals surface area contributed by atoms with Crippen LogP contribution in [-0.4, -0.2) is 18.7 Å². The van der Waals surface area contributed by atoms with E-state index in [1.54, 1.807) is 19.2 Å². The van der Waals surface area contributed by atoms with Gasteiger partial charge in [0.2, 0.25) is 0 Å². The summed E-state index contributed by atoms with van der Waals surface area (Å²) in [6.07, 6.45) is -0.0263. The molecule has 1 aromatic rings. The summed E-state index contributed by atoms with van der Waals surface area (Å²) in [5.74, 6) is 0.798. The fourth-order valence-corrected chi connectivity index (χ4v) is 1.82. The van der Waals surface area contributed by atoms with Crippen LogP contribution in [0, 0.1) is 5.92 Å². The van der Waals surface area contributed by atoms with Gasteiger partial charge in [-0.05, 0) is 29.7 Å². The topological polar surface area (TPSA) is 43.4 Å². The Bertz CT molecular complexity index is 473. The van der Waals surface area contributed by atoms with Gasteiger partial charge in [0.05, 0.1) is 13.5 Å². The maximum absolute atomic E-state index is 12.1. The molecule has 0 bridgehead atoms. The summed E-state index contributed by atoms with van der Waals surface area (Å²) in [6.45, 7) is 7.71. The van der Waals surface area contributed by atoms with E-state index >= 15 is 0 Å². The first kappa shape index (κ1) is 15.4. The van der Waals surface area contributed by atoms with Crippen molar-refractivity contribution in [1.29, 1.82) is 0 Å². The average molecular weight is 262 g/mol. The molecule has 1 aromatic carbocycles. The average Bonchev–Trinajstić information content (AvgIpc) is 2.37. The van der Waals surface area contributed by atoms with Crippen LogP contribution in [0.15, 0.2) is 18.2 Å². The maximum Gasteiger partial charge on any atom is 0.170 e. The molecule has 0 heterocycles. The van der Waals surface area contributed by atoms with E-state index in [1.165, 1.54) is 0 Å². The van der Waals surface area contributed by atoms with Crippen molar-refractivity contribution < 1.29 is 14.3 Å². The van der Waals surface area contributed by atoms with E-state index < -0.39 is 0 Å². The molecule has 0 aromatic heterocycles.